The SMILES string of the molecule is CCCCCCOCCCCC(C)=O. The van der Waals surface area contributed by atoms with Gasteiger partial charge in [-0.1, -0.05) is 26.2 Å². The third kappa shape index (κ3) is 11.6. The molecular weight excluding hydrogens is 176 g/mol. The minimum atomic E-state index is 0.285. The van der Waals surface area contributed by atoms with Crippen molar-refractivity contribution in [2.75, 3.05) is 13.2 Å². The van der Waals surface area contributed by atoms with Crippen LogP contribution in [0.1, 0.15) is 58.8 Å². The molecule has 0 rings (SSSR count). The topological polar surface area (TPSA) is 26.3 Å². The molecule has 0 bridgehead atoms. The molecule has 0 atom stereocenters. The second kappa shape index (κ2) is 10.7. The summed E-state index contributed by atoms with van der Waals surface area (Å²) in [6.45, 7) is 5.56. The molecule has 2 nitrogen and oxygen atoms in total. The summed E-state index contributed by atoms with van der Waals surface area (Å²) in [6.07, 6.45) is 7.76. The highest BCUT2D eigenvalue weighted by molar-refractivity contribution is 5.75. The van der Waals surface area contributed by atoms with Crippen LogP contribution in [0.25, 0.3) is 0 Å². The van der Waals surface area contributed by atoms with E-state index in [-0.39, 0.29) is 5.78 Å². The third-order valence-corrected chi connectivity index (χ3v) is 2.21. The van der Waals surface area contributed by atoms with E-state index >= 15 is 0 Å². The van der Waals surface area contributed by atoms with Gasteiger partial charge in [0, 0.05) is 19.6 Å². The standard InChI is InChI=1S/C12H24O2/c1-3-4-5-7-10-14-11-8-6-9-12(2)13/h3-11H2,1-2H3. The van der Waals surface area contributed by atoms with Crippen molar-refractivity contribution in [3.63, 3.8) is 0 Å². The van der Waals surface area contributed by atoms with Crippen molar-refractivity contribution in [1.82, 2.24) is 0 Å². The second-order valence-electron chi connectivity index (χ2n) is 3.83. The lowest BCUT2D eigenvalue weighted by molar-refractivity contribution is -0.117. The average Bonchev–Trinajstić information content (AvgIpc) is 2.15. The van der Waals surface area contributed by atoms with Crippen molar-refractivity contribution in [2.45, 2.75) is 58.8 Å². The lowest BCUT2D eigenvalue weighted by atomic mass is 10.2. The number of hydrogen-bond donors (Lipinski definition) is 0. The number of carbonyl (C=O) groups is 1. The van der Waals surface area contributed by atoms with Crippen LogP contribution in [0.4, 0.5) is 0 Å². The van der Waals surface area contributed by atoms with Crippen LogP contribution >= 0.6 is 0 Å². The first-order valence-corrected chi connectivity index (χ1v) is 5.84. The molecule has 0 aromatic carbocycles. The molecule has 0 N–H and O–H groups in total. The first-order chi connectivity index (χ1) is 6.77. The van der Waals surface area contributed by atoms with Gasteiger partial charge in [0.05, 0.1) is 0 Å². The Labute approximate surface area is 88.0 Å². The fourth-order valence-electron chi connectivity index (χ4n) is 1.31. The molecule has 0 fully saturated rings. The number of Topliss-reactive ketones (excluding diaryl/α,β-unsaturated/α-hetero) is 1. The highest BCUT2D eigenvalue weighted by atomic mass is 16.5. The molecule has 0 saturated heterocycles. The summed E-state index contributed by atoms with van der Waals surface area (Å²) >= 11 is 0. The normalized spacial score (nSPS) is 10.4. The zero-order chi connectivity index (χ0) is 10.6. The Bertz CT molecular complexity index is 132. The Kier molecular flexibility index (Phi) is 10.4. The van der Waals surface area contributed by atoms with E-state index in [1.54, 1.807) is 6.92 Å². The highest BCUT2D eigenvalue weighted by Gasteiger charge is 1.94. The van der Waals surface area contributed by atoms with Gasteiger partial charge in [-0.2, -0.15) is 0 Å². The molecule has 0 aromatic heterocycles. The van der Waals surface area contributed by atoms with Crippen molar-refractivity contribution in [3.8, 4) is 0 Å². The van der Waals surface area contributed by atoms with Crippen molar-refractivity contribution < 1.29 is 9.53 Å². The minimum Gasteiger partial charge on any atom is -0.381 e. The number of ether oxygens (including phenoxy) is 1. The Morgan fingerprint density at radius 1 is 1.00 bits per heavy atom. The molecule has 0 spiro atoms. The molecule has 0 aliphatic rings. The summed E-state index contributed by atoms with van der Waals surface area (Å²) in [5, 5.41) is 0. The molecule has 0 radical (unpaired) electrons. The maximum atomic E-state index is 10.6. The summed E-state index contributed by atoms with van der Waals surface area (Å²) in [5.74, 6) is 0.285. The van der Waals surface area contributed by atoms with Crippen LogP contribution in [0.5, 0.6) is 0 Å². The van der Waals surface area contributed by atoms with Gasteiger partial charge in [-0.05, 0) is 26.2 Å². The zero-order valence-corrected chi connectivity index (χ0v) is 9.68. The average molecular weight is 200 g/mol. The third-order valence-electron chi connectivity index (χ3n) is 2.21. The van der Waals surface area contributed by atoms with E-state index in [2.05, 4.69) is 6.92 Å². The van der Waals surface area contributed by atoms with Crippen LogP contribution in [-0.2, 0) is 9.53 Å². The fraction of sp³-hybridized carbons (Fsp3) is 0.917. The lowest BCUT2D eigenvalue weighted by Gasteiger charge is -2.03. The van der Waals surface area contributed by atoms with E-state index in [0.717, 1.165) is 26.1 Å². The monoisotopic (exact) mass is 200 g/mol. The van der Waals surface area contributed by atoms with E-state index in [1.807, 2.05) is 0 Å². The molecule has 0 aliphatic heterocycles. The quantitative estimate of drug-likeness (QED) is 0.505. The fourth-order valence-corrected chi connectivity index (χ4v) is 1.31. The Morgan fingerprint density at radius 3 is 2.21 bits per heavy atom. The number of hydrogen-bond acceptors (Lipinski definition) is 2. The van der Waals surface area contributed by atoms with E-state index < -0.39 is 0 Å². The predicted octanol–water partition coefficient (Wildman–Crippen LogP) is 3.34. The summed E-state index contributed by atoms with van der Waals surface area (Å²) in [6, 6.07) is 0. The number of rotatable bonds is 10. The van der Waals surface area contributed by atoms with Crippen LogP contribution in [0.15, 0.2) is 0 Å². The van der Waals surface area contributed by atoms with Gasteiger partial charge in [-0.25, -0.2) is 0 Å². The molecule has 0 heterocycles. The van der Waals surface area contributed by atoms with Gasteiger partial charge in [0.25, 0.3) is 0 Å². The Hall–Kier alpha value is -0.370. The molecule has 0 amide bonds. The molecular formula is C12H24O2. The van der Waals surface area contributed by atoms with Crippen LogP contribution in [0.3, 0.4) is 0 Å². The van der Waals surface area contributed by atoms with Crippen LogP contribution in [0.2, 0.25) is 0 Å². The van der Waals surface area contributed by atoms with Crippen LogP contribution < -0.4 is 0 Å². The van der Waals surface area contributed by atoms with Gasteiger partial charge >= 0.3 is 0 Å². The Balaban J connectivity index is 2.88. The molecule has 2 heteroatoms. The summed E-state index contributed by atoms with van der Waals surface area (Å²) in [7, 11) is 0. The molecule has 0 aromatic rings. The van der Waals surface area contributed by atoms with Crippen LogP contribution in [0, 0.1) is 0 Å². The van der Waals surface area contributed by atoms with Crippen molar-refractivity contribution >= 4 is 5.78 Å². The molecule has 0 saturated carbocycles. The first kappa shape index (κ1) is 13.6. The molecule has 14 heavy (non-hydrogen) atoms. The summed E-state index contributed by atoms with van der Waals surface area (Å²) in [4.78, 5) is 10.6. The molecule has 84 valence electrons. The maximum absolute atomic E-state index is 10.6. The van der Waals surface area contributed by atoms with Gasteiger partial charge in [-0.3, -0.25) is 0 Å². The Morgan fingerprint density at radius 2 is 1.64 bits per heavy atom. The van der Waals surface area contributed by atoms with E-state index in [4.69, 9.17) is 4.74 Å². The molecule has 0 unspecified atom stereocenters. The van der Waals surface area contributed by atoms with Gasteiger partial charge < -0.3 is 9.53 Å². The van der Waals surface area contributed by atoms with E-state index in [9.17, 15) is 4.79 Å². The van der Waals surface area contributed by atoms with E-state index in [0.29, 0.717) is 6.42 Å². The zero-order valence-electron chi connectivity index (χ0n) is 9.68. The van der Waals surface area contributed by atoms with Crippen molar-refractivity contribution in [1.29, 1.82) is 0 Å². The number of unbranched alkanes of at least 4 members (excludes halogenated alkanes) is 4. The number of ketones is 1. The highest BCUT2D eigenvalue weighted by Crippen LogP contribution is 2.00. The number of carbonyl (C=O) groups excluding carboxylic acids is 1. The molecule has 0 aliphatic carbocycles. The predicted molar refractivity (Wildman–Crippen MR) is 59.5 cm³/mol. The van der Waals surface area contributed by atoms with Crippen LogP contribution in [-0.4, -0.2) is 19.0 Å². The summed E-state index contributed by atoms with van der Waals surface area (Å²) < 4.78 is 5.45. The van der Waals surface area contributed by atoms with E-state index in [1.165, 1.54) is 25.7 Å². The van der Waals surface area contributed by atoms with Crippen molar-refractivity contribution in [3.05, 3.63) is 0 Å². The second-order valence-corrected chi connectivity index (χ2v) is 3.83. The van der Waals surface area contributed by atoms with Gasteiger partial charge in [0.2, 0.25) is 0 Å². The van der Waals surface area contributed by atoms with Gasteiger partial charge in [0.1, 0.15) is 5.78 Å². The maximum Gasteiger partial charge on any atom is 0.129 e. The summed E-state index contributed by atoms with van der Waals surface area (Å²) in [5.41, 5.74) is 0. The van der Waals surface area contributed by atoms with Crippen molar-refractivity contribution in [2.24, 2.45) is 0 Å². The minimum absolute atomic E-state index is 0.285. The smallest absolute Gasteiger partial charge is 0.129 e. The van der Waals surface area contributed by atoms with Gasteiger partial charge in [0.15, 0.2) is 0 Å². The largest absolute Gasteiger partial charge is 0.381 e. The van der Waals surface area contributed by atoms with Gasteiger partial charge in [-0.15, -0.1) is 0 Å². The lowest BCUT2D eigenvalue weighted by Crippen LogP contribution is -1.98. The first-order valence-electron chi connectivity index (χ1n) is 5.84.